The molecule has 0 saturated carbocycles. The molecular weight excluding hydrogens is 340 g/mol. The average Bonchev–Trinajstić information content (AvgIpc) is 2.70. The molecule has 6 nitrogen and oxygen atoms in total. The van der Waals surface area contributed by atoms with Crippen molar-refractivity contribution in [2.45, 2.75) is 19.4 Å². The van der Waals surface area contributed by atoms with E-state index >= 15 is 0 Å². The Morgan fingerprint density at radius 2 is 1.89 bits per heavy atom. The van der Waals surface area contributed by atoms with Crippen LogP contribution in [0.2, 0.25) is 0 Å². The van der Waals surface area contributed by atoms with Crippen LogP contribution in [0.25, 0.3) is 11.0 Å². The van der Waals surface area contributed by atoms with Crippen molar-refractivity contribution in [3.63, 3.8) is 0 Å². The van der Waals surface area contributed by atoms with Crippen molar-refractivity contribution < 1.29 is 9.47 Å². The van der Waals surface area contributed by atoms with Gasteiger partial charge >= 0.3 is 0 Å². The van der Waals surface area contributed by atoms with Gasteiger partial charge in [-0.05, 0) is 47.9 Å². The molecule has 4 rings (SSSR count). The molecule has 0 aliphatic carbocycles. The Bertz CT molecular complexity index is 974. The molecule has 1 aliphatic rings. The molecule has 2 aromatic heterocycles. The lowest BCUT2D eigenvalue weighted by molar-refractivity contribution is 0.255. The predicted molar refractivity (Wildman–Crippen MR) is 106 cm³/mol. The lowest BCUT2D eigenvalue weighted by Gasteiger charge is -2.28. The van der Waals surface area contributed by atoms with Gasteiger partial charge in [0.1, 0.15) is 5.82 Å². The number of rotatable bonds is 5. The van der Waals surface area contributed by atoms with Crippen LogP contribution in [-0.2, 0) is 19.4 Å². The third-order valence-electron chi connectivity index (χ3n) is 5.09. The highest BCUT2D eigenvalue weighted by molar-refractivity contribution is 5.77. The van der Waals surface area contributed by atoms with E-state index in [0.29, 0.717) is 5.82 Å². The average molecular weight is 364 g/mol. The zero-order valence-corrected chi connectivity index (χ0v) is 15.7. The first kappa shape index (κ1) is 17.5. The van der Waals surface area contributed by atoms with Crippen LogP contribution in [0.15, 0.2) is 36.4 Å². The van der Waals surface area contributed by atoms with Gasteiger partial charge < -0.3 is 15.2 Å². The van der Waals surface area contributed by atoms with Crippen LogP contribution < -0.4 is 15.2 Å². The highest BCUT2D eigenvalue weighted by Crippen LogP contribution is 2.28. The first-order chi connectivity index (χ1) is 13.2. The van der Waals surface area contributed by atoms with Gasteiger partial charge in [-0.3, -0.25) is 4.90 Å². The molecule has 0 atom stereocenters. The van der Waals surface area contributed by atoms with E-state index in [2.05, 4.69) is 28.1 Å². The molecule has 3 heterocycles. The van der Waals surface area contributed by atoms with Crippen LogP contribution in [-0.4, -0.2) is 42.2 Å². The Morgan fingerprint density at radius 1 is 1.04 bits per heavy atom. The number of methoxy groups -OCH3 is 2. The Morgan fingerprint density at radius 3 is 2.70 bits per heavy atom. The number of nitrogens with two attached hydrogens (primary N) is 1. The van der Waals surface area contributed by atoms with Crippen LogP contribution >= 0.6 is 0 Å². The second kappa shape index (κ2) is 7.40. The SMILES string of the molecule is COc1ccc(CCN2CCc3nc4nc(N)ccc4cc3C2)cc1OC. The van der Waals surface area contributed by atoms with E-state index < -0.39 is 0 Å². The number of nitrogen functional groups attached to an aromatic ring is 1. The molecule has 0 saturated heterocycles. The molecule has 0 fully saturated rings. The Labute approximate surface area is 158 Å². The molecule has 0 unspecified atom stereocenters. The minimum atomic E-state index is 0.516. The van der Waals surface area contributed by atoms with Crippen LogP contribution in [0.3, 0.4) is 0 Å². The smallest absolute Gasteiger partial charge is 0.161 e. The van der Waals surface area contributed by atoms with Gasteiger partial charge in [-0.25, -0.2) is 9.97 Å². The molecule has 0 spiro atoms. The zero-order valence-electron chi connectivity index (χ0n) is 15.7. The Kier molecular flexibility index (Phi) is 4.81. The number of aromatic nitrogens is 2. The van der Waals surface area contributed by atoms with Gasteiger partial charge in [0.25, 0.3) is 0 Å². The van der Waals surface area contributed by atoms with Crippen LogP contribution in [0.5, 0.6) is 11.5 Å². The normalized spacial score (nSPS) is 14.1. The topological polar surface area (TPSA) is 73.5 Å². The lowest BCUT2D eigenvalue weighted by atomic mass is 10.0. The van der Waals surface area contributed by atoms with E-state index in [9.17, 15) is 0 Å². The van der Waals surface area contributed by atoms with Crippen LogP contribution in [0.4, 0.5) is 5.82 Å². The maximum Gasteiger partial charge on any atom is 0.161 e. The van der Waals surface area contributed by atoms with Crippen LogP contribution in [0.1, 0.15) is 16.8 Å². The molecule has 0 amide bonds. The molecule has 1 aromatic carbocycles. The third kappa shape index (κ3) is 3.66. The summed E-state index contributed by atoms with van der Waals surface area (Å²) >= 11 is 0. The highest BCUT2D eigenvalue weighted by atomic mass is 16.5. The van der Waals surface area contributed by atoms with Gasteiger partial charge in [0, 0.05) is 37.1 Å². The van der Waals surface area contributed by atoms with E-state index in [-0.39, 0.29) is 0 Å². The molecule has 27 heavy (non-hydrogen) atoms. The van der Waals surface area contributed by atoms with Crippen molar-refractivity contribution in [2.24, 2.45) is 0 Å². The fourth-order valence-electron chi connectivity index (χ4n) is 3.60. The van der Waals surface area contributed by atoms with Crippen molar-refractivity contribution >= 4 is 16.9 Å². The van der Waals surface area contributed by atoms with Gasteiger partial charge in [0.05, 0.1) is 14.2 Å². The maximum absolute atomic E-state index is 5.78. The largest absolute Gasteiger partial charge is 0.493 e. The summed E-state index contributed by atoms with van der Waals surface area (Å²) in [5, 5.41) is 1.05. The van der Waals surface area contributed by atoms with Crippen molar-refractivity contribution in [1.29, 1.82) is 0 Å². The third-order valence-corrected chi connectivity index (χ3v) is 5.09. The van der Waals surface area contributed by atoms with Crippen molar-refractivity contribution in [1.82, 2.24) is 14.9 Å². The summed E-state index contributed by atoms with van der Waals surface area (Å²) in [4.78, 5) is 11.5. The number of hydrogen-bond donors (Lipinski definition) is 1. The number of hydrogen-bond acceptors (Lipinski definition) is 6. The standard InChI is InChI=1S/C21H24N4O2/c1-26-18-5-3-14(11-19(18)27-2)7-9-25-10-8-17-16(13-25)12-15-4-6-20(22)24-21(15)23-17/h3-6,11-12H,7-10,13H2,1-2H3,(H2,22,23,24). The fraction of sp³-hybridized carbons (Fsp3) is 0.333. The minimum absolute atomic E-state index is 0.516. The highest BCUT2D eigenvalue weighted by Gasteiger charge is 2.18. The summed E-state index contributed by atoms with van der Waals surface area (Å²) in [5.41, 5.74) is 10.2. The van der Waals surface area contributed by atoms with Crippen molar-refractivity contribution in [2.75, 3.05) is 33.0 Å². The first-order valence-corrected chi connectivity index (χ1v) is 9.14. The minimum Gasteiger partial charge on any atom is -0.493 e. The number of benzene rings is 1. The van der Waals surface area contributed by atoms with E-state index in [1.165, 1.54) is 11.1 Å². The fourth-order valence-corrected chi connectivity index (χ4v) is 3.60. The summed E-state index contributed by atoms with van der Waals surface area (Å²) in [6, 6.07) is 12.1. The summed E-state index contributed by atoms with van der Waals surface area (Å²) in [6.45, 7) is 2.91. The molecule has 6 heteroatoms. The quantitative estimate of drug-likeness (QED) is 0.750. The van der Waals surface area contributed by atoms with E-state index in [1.54, 1.807) is 14.2 Å². The van der Waals surface area contributed by atoms with E-state index in [0.717, 1.165) is 60.7 Å². The second-order valence-corrected chi connectivity index (χ2v) is 6.84. The molecule has 140 valence electrons. The summed E-state index contributed by atoms with van der Waals surface area (Å²) in [5.74, 6) is 2.06. The molecule has 3 aromatic rings. The van der Waals surface area contributed by atoms with Crippen molar-refractivity contribution in [3.8, 4) is 11.5 Å². The van der Waals surface area contributed by atoms with Gasteiger partial charge in [-0.15, -0.1) is 0 Å². The zero-order chi connectivity index (χ0) is 18.8. The molecular formula is C21H24N4O2. The maximum atomic E-state index is 5.78. The predicted octanol–water partition coefficient (Wildman–Crippen LogP) is 2.83. The number of pyridine rings is 2. The second-order valence-electron chi connectivity index (χ2n) is 6.84. The molecule has 1 aliphatic heterocycles. The van der Waals surface area contributed by atoms with Crippen molar-refractivity contribution in [3.05, 3.63) is 53.2 Å². The number of anilines is 1. The van der Waals surface area contributed by atoms with Gasteiger partial charge in [-0.2, -0.15) is 0 Å². The van der Waals surface area contributed by atoms with Gasteiger partial charge in [0.2, 0.25) is 0 Å². The number of ether oxygens (including phenoxy) is 2. The lowest BCUT2D eigenvalue weighted by Crippen LogP contribution is -2.32. The van der Waals surface area contributed by atoms with E-state index in [4.69, 9.17) is 20.2 Å². The number of nitrogens with zero attached hydrogens (tertiary/aromatic N) is 3. The van der Waals surface area contributed by atoms with Crippen LogP contribution in [0, 0.1) is 0 Å². The molecule has 0 bridgehead atoms. The Hall–Kier alpha value is -2.86. The van der Waals surface area contributed by atoms with Gasteiger partial charge in [-0.1, -0.05) is 6.07 Å². The molecule has 2 N–H and O–H groups in total. The van der Waals surface area contributed by atoms with Gasteiger partial charge in [0.15, 0.2) is 17.1 Å². The summed E-state index contributed by atoms with van der Waals surface area (Å²) in [6.07, 6.45) is 1.91. The Balaban J connectivity index is 1.46. The summed E-state index contributed by atoms with van der Waals surface area (Å²) in [7, 11) is 3.33. The van der Waals surface area contributed by atoms with E-state index in [1.807, 2.05) is 18.2 Å². The number of fused-ring (bicyclic) bond motifs is 2. The summed E-state index contributed by atoms with van der Waals surface area (Å²) < 4.78 is 10.7. The first-order valence-electron chi connectivity index (χ1n) is 9.14. The molecule has 0 radical (unpaired) electrons. The monoisotopic (exact) mass is 364 g/mol.